The molecule has 3 rings (SSSR count). The van der Waals surface area contributed by atoms with Gasteiger partial charge in [-0.3, -0.25) is 14.5 Å². The van der Waals surface area contributed by atoms with Crippen molar-refractivity contribution in [2.24, 2.45) is 0 Å². The second-order valence-electron chi connectivity index (χ2n) is 9.60. The Morgan fingerprint density at radius 1 is 1.03 bits per heavy atom. The summed E-state index contributed by atoms with van der Waals surface area (Å²) < 4.78 is 0. The molecule has 1 aliphatic rings. The summed E-state index contributed by atoms with van der Waals surface area (Å²) in [6.45, 7) is 11.9. The number of rotatable bonds is 5. The molecule has 1 aliphatic heterocycles. The number of benzene rings is 2. The van der Waals surface area contributed by atoms with Crippen LogP contribution in [0.4, 0.5) is 10.5 Å². The first-order valence-corrected chi connectivity index (χ1v) is 10.6. The zero-order valence-corrected chi connectivity index (χ0v) is 19.1. The van der Waals surface area contributed by atoms with Gasteiger partial charge in [0.25, 0.3) is 5.91 Å². The number of nitrogens with one attached hydrogen (secondary N) is 2. The van der Waals surface area contributed by atoms with E-state index in [-0.39, 0.29) is 12.0 Å². The number of hydrogen-bond acceptors (Lipinski definition) is 3. The summed E-state index contributed by atoms with van der Waals surface area (Å²) in [7, 11) is 0. The normalized spacial score (nSPS) is 19.0. The lowest BCUT2D eigenvalue weighted by Gasteiger charge is -2.23. The van der Waals surface area contributed by atoms with Gasteiger partial charge in [0.05, 0.1) is 0 Å². The van der Waals surface area contributed by atoms with Crippen LogP contribution < -0.4 is 10.6 Å². The highest BCUT2D eigenvalue weighted by atomic mass is 16.2. The van der Waals surface area contributed by atoms with Crippen molar-refractivity contribution >= 4 is 23.5 Å². The maximum atomic E-state index is 13.1. The van der Waals surface area contributed by atoms with Crippen molar-refractivity contribution in [1.82, 2.24) is 10.2 Å². The minimum atomic E-state index is -1.19. The van der Waals surface area contributed by atoms with Crippen LogP contribution in [0.5, 0.6) is 0 Å². The van der Waals surface area contributed by atoms with Crippen molar-refractivity contribution in [1.29, 1.82) is 0 Å². The minimum Gasteiger partial charge on any atom is -0.325 e. The fourth-order valence-electron chi connectivity index (χ4n) is 3.64. The van der Waals surface area contributed by atoms with Crippen molar-refractivity contribution in [3.63, 3.8) is 0 Å². The van der Waals surface area contributed by atoms with E-state index in [0.717, 1.165) is 16.0 Å². The Balaban J connectivity index is 1.70. The lowest BCUT2D eigenvalue weighted by atomic mass is 9.87. The molecule has 0 spiro atoms. The largest absolute Gasteiger partial charge is 0.325 e. The van der Waals surface area contributed by atoms with Gasteiger partial charge in [-0.25, -0.2) is 4.79 Å². The predicted molar refractivity (Wildman–Crippen MR) is 122 cm³/mol. The van der Waals surface area contributed by atoms with E-state index in [4.69, 9.17) is 0 Å². The van der Waals surface area contributed by atoms with Crippen molar-refractivity contribution in [2.75, 3.05) is 11.9 Å². The van der Waals surface area contributed by atoms with Gasteiger partial charge < -0.3 is 10.6 Å². The van der Waals surface area contributed by atoms with E-state index >= 15 is 0 Å². The zero-order valence-electron chi connectivity index (χ0n) is 19.1. The lowest BCUT2D eigenvalue weighted by molar-refractivity contribution is -0.133. The Bertz CT molecular complexity index is 988. The molecule has 0 aliphatic carbocycles. The summed E-state index contributed by atoms with van der Waals surface area (Å²) in [6, 6.07) is 14.6. The van der Waals surface area contributed by atoms with E-state index in [9.17, 15) is 14.4 Å². The van der Waals surface area contributed by atoms with E-state index in [1.165, 1.54) is 0 Å². The predicted octanol–water partition coefficient (Wildman–Crippen LogP) is 4.51. The van der Waals surface area contributed by atoms with Crippen molar-refractivity contribution in [3.8, 4) is 0 Å². The third-order valence-corrected chi connectivity index (χ3v) is 5.77. The van der Waals surface area contributed by atoms with Crippen LogP contribution >= 0.6 is 0 Å². The van der Waals surface area contributed by atoms with Crippen LogP contribution in [0.2, 0.25) is 0 Å². The van der Waals surface area contributed by atoms with Crippen LogP contribution in [0.3, 0.4) is 0 Å². The van der Waals surface area contributed by atoms with E-state index in [1.54, 1.807) is 6.92 Å². The first kappa shape index (κ1) is 22.5. The van der Waals surface area contributed by atoms with Crippen LogP contribution in [0.25, 0.3) is 0 Å². The van der Waals surface area contributed by atoms with Gasteiger partial charge >= 0.3 is 6.03 Å². The second kappa shape index (κ2) is 8.17. The van der Waals surface area contributed by atoms with E-state index < -0.39 is 23.4 Å². The van der Waals surface area contributed by atoms with Gasteiger partial charge in [0.1, 0.15) is 12.1 Å². The van der Waals surface area contributed by atoms with E-state index in [0.29, 0.717) is 17.2 Å². The molecule has 2 aromatic carbocycles. The molecule has 2 aromatic rings. The number of imide groups is 1. The molecule has 1 saturated heterocycles. The Kier molecular flexibility index (Phi) is 5.94. The van der Waals surface area contributed by atoms with Crippen LogP contribution in [0.15, 0.2) is 48.5 Å². The molecule has 6 heteroatoms. The summed E-state index contributed by atoms with van der Waals surface area (Å²) in [4.78, 5) is 39.1. The molecule has 0 bridgehead atoms. The molecule has 0 aromatic heterocycles. The fraction of sp³-hybridized carbons (Fsp3) is 0.400. The molecule has 6 nitrogen and oxygen atoms in total. The van der Waals surface area contributed by atoms with Crippen LogP contribution in [0.1, 0.15) is 64.2 Å². The number of nitrogens with zero attached hydrogens (tertiary/aromatic N) is 1. The molecule has 1 atom stereocenters. The van der Waals surface area contributed by atoms with E-state index in [2.05, 4.69) is 45.3 Å². The molecule has 0 radical (unpaired) electrons. The monoisotopic (exact) mass is 421 g/mol. The maximum Gasteiger partial charge on any atom is 0.325 e. The molecular formula is C25H31N3O3. The van der Waals surface area contributed by atoms with E-state index in [1.807, 2.05) is 48.5 Å². The van der Waals surface area contributed by atoms with Gasteiger partial charge in [-0.15, -0.1) is 0 Å². The third kappa shape index (κ3) is 4.63. The Morgan fingerprint density at radius 3 is 2.13 bits per heavy atom. The molecule has 1 unspecified atom stereocenters. The average molecular weight is 422 g/mol. The molecule has 1 fully saturated rings. The third-order valence-electron chi connectivity index (χ3n) is 5.77. The smallest absolute Gasteiger partial charge is 0.325 e. The summed E-state index contributed by atoms with van der Waals surface area (Å²) in [5.74, 6) is -0.493. The number of hydrogen-bond donors (Lipinski definition) is 2. The number of amides is 4. The number of urea groups is 1. The lowest BCUT2D eigenvalue weighted by Crippen LogP contribution is -2.42. The second-order valence-corrected chi connectivity index (χ2v) is 9.60. The quantitative estimate of drug-likeness (QED) is 0.697. The van der Waals surface area contributed by atoms with Crippen molar-refractivity contribution < 1.29 is 14.4 Å². The highest BCUT2D eigenvalue weighted by Crippen LogP contribution is 2.30. The Morgan fingerprint density at radius 2 is 1.61 bits per heavy atom. The maximum absolute atomic E-state index is 13.1. The zero-order chi connectivity index (χ0) is 23.0. The highest BCUT2D eigenvalue weighted by molar-refractivity contribution is 6.10. The molecular weight excluding hydrogens is 390 g/mol. The summed E-state index contributed by atoms with van der Waals surface area (Å²) in [6.07, 6.45) is 0. The van der Waals surface area contributed by atoms with Gasteiger partial charge in [-0.05, 0) is 47.1 Å². The van der Waals surface area contributed by atoms with Gasteiger partial charge in [0.2, 0.25) is 5.91 Å². The van der Waals surface area contributed by atoms with Crippen LogP contribution in [0, 0.1) is 0 Å². The number of carbonyl (C=O) groups is 3. The van der Waals surface area contributed by atoms with Crippen LogP contribution in [-0.4, -0.2) is 29.3 Å². The number of anilines is 1. The standard InChI is InChI=1S/C25H31N3O3/c1-16(2)17-7-9-19(10-8-17)25(6)22(30)28(23(31)27-25)15-21(29)26-20-13-11-18(12-14-20)24(3,4)5/h7-14,16H,15H2,1-6H3,(H,26,29)(H,27,31). The highest BCUT2D eigenvalue weighted by Gasteiger charge is 2.49. The molecule has 0 saturated carbocycles. The van der Waals surface area contributed by atoms with Crippen LogP contribution in [-0.2, 0) is 20.5 Å². The summed E-state index contributed by atoms with van der Waals surface area (Å²) in [5.41, 5.74) is 2.44. The first-order chi connectivity index (χ1) is 14.4. The molecule has 4 amide bonds. The van der Waals surface area contributed by atoms with Crippen molar-refractivity contribution in [2.45, 2.75) is 58.4 Å². The number of carbonyl (C=O) groups excluding carboxylic acids is 3. The molecule has 164 valence electrons. The first-order valence-electron chi connectivity index (χ1n) is 10.6. The average Bonchev–Trinajstić information content (AvgIpc) is 2.91. The Labute approximate surface area is 184 Å². The SMILES string of the molecule is CC(C)c1ccc(C2(C)NC(=O)N(CC(=O)Nc3ccc(C(C)(C)C)cc3)C2=O)cc1. The van der Waals surface area contributed by atoms with Gasteiger partial charge in [-0.2, -0.15) is 0 Å². The topological polar surface area (TPSA) is 78.5 Å². The minimum absolute atomic E-state index is 0.0143. The van der Waals surface area contributed by atoms with Gasteiger partial charge in [0.15, 0.2) is 0 Å². The van der Waals surface area contributed by atoms with Gasteiger partial charge in [0, 0.05) is 5.69 Å². The van der Waals surface area contributed by atoms with Crippen molar-refractivity contribution in [3.05, 3.63) is 65.2 Å². The molecule has 1 heterocycles. The van der Waals surface area contributed by atoms with Gasteiger partial charge in [-0.1, -0.05) is 71.0 Å². The molecule has 31 heavy (non-hydrogen) atoms. The molecule has 2 N–H and O–H groups in total. The summed E-state index contributed by atoms with van der Waals surface area (Å²) >= 11 is 0. The fourth-order valence-corrected chi connectivity index (χ4v) is 3.64. The summed E-state index contributed by atoms with van der Waals surface area (Å²) in [5, 5.41) is 5.51. The Hall–Kier alpha value is -3.15.